The average molecular weight is 490 g/mol. The fraction of sp³-hybridized carbons (Fsp3) is 0.250. The summed E-state index contributed by atoms with van der Waals surface area (Å²) < 4.78 is 2.06. The summed E-state index contributed by atoms with van der Waals surface area (Å²) >= 11 is 0. The number of amides is 2. The molecule has 5 heteroatoms. The Morgan fingerprint density at radius 1 is 0.973 bits per heavy atom. The van der Waals surface area contributed by atoms with Gasteiger partial charge in [-0.05, 0) is 49.1 Å². The van der Waals surface area contributed by atoms with Gasteiger partial charge in [-0.15, -0.1) is 0 Å². The fourth-order valence-electron chi connectivity index (χ4n) is 5.86. The van der Waals surface area contributed by atoms with Crippen molar-refractivity contribution >= 4 is 45.7 Å². The second-order valence-corrected chi connectivity index (χ2v) is 9.98. The van der Waals surface area contributed by atoms with Crippen LogP contribution in [0, 0.1) is 0 Å². The van der Waals surface area contributed by atoms with Crippen LogP contribution >= 0.6 is 0 Å². The van der Waals surface area contributed by atoms with E-state index in [9.17, 15) is 9.59 Å². The van der Waals surface area contributed by atoms with Crippen LogP contribution in [0.15, 0.2) is 79.0 Å². The molecular weight excluding hydrogens is 458 g/mol. The van der Waals surface area contributed by atoms with E-state index in [-0.39, 0.29) is 24.4 Å². The van der Waals surface area contributed by atoms with Gasteiger partial charge in [0.1, 0.15) is 6.54 Å². The molecule has 186 valence electrons. The highest BCUT2D eigenvalue weighted by atomic mass is 16.2. The molecule has 0 atom stereocenters. The van der Waals surface area contributed by atoms with Crippen molar-refractivity contribution in [2.24, 2.45) is 0 Å². The number of aromatic nitrogens is 1. The molecule has 37 heavy (non-hydrogen) atoms. The first-order chi connectivity index (χ1) is 18.1. The van der Waals surface area contributed by atoms with Gasteiger partial charge in [0, 0.05) is 34.4 Å². The molecule has 1 aromatic heterocycles. The maximum Gasteiger partial charge on any atom is 0.263 e. The largest absolute Gasteiger partial charge is 0.352 e. The number of fused-ring (bicyclic) bond motifs is 2. The molecule has 1 saturated carbocycles. The summed E-state index contributed by atoms with van der Waals surface area (Å²) in [6.45, 7) is 2.41. The third-order valence-corrected chi connectivity index (χ3v) is 7.61. The van der Waals surface area contributed by atoms with Gasteiger partial charge in [-0.1, -0.05) is 74.4 Å². The van der Waals surface area contributed by atoms with E-state index in [4.69, 9.17) is 0 Å². The van der Waals surface area contributed by atoms with Gasteiger partial charge in [0.2, 0.25) is 5.91 Å². The molecule has 0 saturated heterocycles. The Labute approximate surface area is 217 Å². The normalized spacial score (nSPS) is 16.6. The number of aryl methyl sites for hydroxylation is 1. The molecule has 1 aliphatic carbocycles. The Morgan fingerprint density at radius 2 is 1.73 bits per heavy atom. The van der Waals surface area contributed by atoms with Crippen LogP contribution in [0.3, 0.4) is 0 Å². The van der Waals surface area contributed by atoms with E-state index in [1.54, 1.807) is 4.90 Å². The van der Waals surface area contributed by atoms with Gasteiger partial charge in [0.15, 0.2) is 0 Å². The Balaban J connectivity index is 1.43. The minimum absolute atomic E-state index is 0.0427. The number of anilines is 2. The molecule has 2 aliphatic rings. The SMILES string of the molecule is CCc1cccc2c(C=C3C(=O)N(c4ccccc4)c4ccccc43)cn(CC(=O)NC3CCCC3)c12. The Kier molecular flexibility index (Phi) is 6.13. The standard InChI is InChI=1S/C32H31N3O2/c1-2-22-11-10-17-26-23(20-34(31(22)26)21-30(36)33-24-12-6-7-13-24)19-28-27-16-8-9-18-29(27)35(32(28)37)25-14-4-3-5-15-25/h3-5,8-11,14-20,24H,2,6-7,12-13,21H2,1H3,(H,33,36). The zero-order valence-electron chi connectivity index (χ0n) is 21.1. The van der Waals surface area contributed by atoms with Crippen LogP contribution in [-0.2, 0) is 22.6 Å². The van der Waals surface area contributed by atoms with Crippen molar-refractivity contribution in [2.45, 2.75) is 51.6 Å². The number of nitrogens with zero attached hydrogens (tertiary/aromatic N) is 2. The van der Waals surface area contributed by atoms with Gasteiger partial charge in [-0.25, -0.2) is 0 Å². The Morgan fingerprint density at radius 3 is 2.51 bits per heavy atom. The number of nitrogens with one attached hydrogen (secondary N) is 1. The first kappa shape index (κ1) is 23.3. The molecule has 0 spiro atoms. The molecule has 6 rings (SSSR count). The smallest absolute Gasteiger partial charge is 0.263 e. The highest BCUT2D eigenvalue weighted by molar-refractivity contribution is 6.38. The van der Waals surface area contributed by atoms with Gasteiger partial charge in [0.05, 0.1) is 16.8 Å². The molecule has 5 nitrogen and oxygen atoms in total. The molecule has 1 aliphatic heterocycles. The topological polar surface area (TPSA) is 54.3 Å². The number of benzene rings is 3. The van der Waals surface area contributed by atoms with Crippen LogP contribution in [0.25, 0.3) is 22.6 Å². The lowest BCUT2D eigenvalue weighted by atomic mass is 10.0. The number of hydrogen-bond acceptors (Lipinski definition) is 2. The lowest BCUT2D eigenvalue weighted by Gasteiger charge is -2.16. The summed E-state index contributed by atoms with van der Waals surface area (Å²) in [6, 6.07) is 24.3. The second-order valence-electron chi connectivity index (χ2n) is 9.98. The fourth-order valence-corrected chi connectivity index (χ4v) is 5.86. The number of carbonyl (C=O) groups excluding carboxylic acids is 2. The number of para-hydroxylation sites is 3. The van der Waals surface area contributed by atoms with Crippen LogP contribution in [0.4, 0.5) is 11.4 Å². The minimum atomic E-state index is -0.0427. The van der Waals surface area contributed by atoms with E-state index in [2.05, 4.69) is 35.0 Å². The summed E-state index contributed by atoms with van der Waals surface area (Å²) in [5.74, 6) is 0.00497. The van der Waals surface area contributed by atoms with Crippen LogP contribution in [0.1, 0.15) is 49.3 Å². The predicted molar refractivity (Wildman–Crippen MR) is 150 cm³/mol. The average Bonchev–Trinajstić information content (AvgIpc) is 3.62. The third-order valence-electron chi connectivity index (χ3n) is 7.61. The molecule has 0 unspecified atom stereocenters. The van der Waals surface area contributed by atoms with Gasteiger partial charge >= 0.3 is 0 Å². The summed E-state index contributed by atoms with van der Waals surface area (Å²) in [5, 5.41) is 4.28. The number of rotatable bonds is 6. The summed E-state index contributed by atoms with van der Waals surface area (Å²) in [5.41, 5.74) is 6.53. The molecule has 0 bridgehead atoms. The molecule has 2 heterocycles. The third kappa shape index (κ3) is 4.25. The van der Waals surface area contributed by atoms with Crippen LogP contribution < -0.4 is 10.2 Å². The maximum absolute atomic E-state index is 13.8. The van der Waals surface area contributed by atoms with Crippen molar-refractivity contribution in [3.05, 3.63) is 95.7 Å². The summed E-state index contributed by atoms with van der Waals surface area (Å²) in [6.07, 6.45) is 9.40. The maximum atomic E-state index is 13.8. The molecular formula is C32H31N3O2. The van der Waals surface area contributed by atoms with E-state index in [1.807, 2.05) is 66.9 Å². The van der Waals surface area contributed by atoms with Gasteiger partial charge in [0.25, 0.3) is 5.91 Å². The van der Waals surface area contributed by atoms with Crippen molar-refractivity contribution < 1.29 is 9.59 Å². The second kappa shape index (κ2) is 9.74. The minimum Gasteiger partial charge on any atom is -0.352 e. The number of hydrogen-bond donors (Lipinski definition) is 1. The Hall–Kier alpha value is -4.12. The lowest BCUT2D eigenvalue weighted by molar-refractivity contribution is -0.122. The van der Waals surface area contributed by atoms with E-state index in [0.29, 0.717) is 5.57 Å². The van der Waals surface area contributed by atoms with E-state index in [1.165, 1.54) is 18.4 Å². The van der Waals surface area contributed by atoms with Crippen molar-refractivity contribution in [1.82, 2.24) is 9.88 Å². The van der Waals surface area contributed by atoms with Crippen molar-refractivity contribution in [1.29, 1.82) is 0 Å². The Bertz CT molecular complexity index is 1510. The summed E-state index contributed by atoms with van der Waals surface area (Å²) in [4.78, 5) is 28.5. The van der Waals surface area contributed by atoms with Crippen molar-refractivity contribution in [3.8, 4) is 0 Å². The molecule has 4 aromatic rings. The lowest BCUT2D eigenvalue weighted by Crippen LogP contribution is -2.35. The van der Waals surface area contributed by atoms with Crippen molar-refractivity contribution in [3.63, 3.8) is 0 Å². The molecule has 0 radical (unpaired) electrons. The van der Waals surface area contributed by atoms with Gasteiger partial charge in [-0.3, -0.25) is 14.5 Å². The quantitative estimate of drug-likeness (QED) is 0.315. The first-order valence-corrected chi connectivity index (χ1v) is 13.2. The summed E-state index contributed by atoms with van der Waals surface area (Å²) in [7, 11) is 0. The predicted octanol–water partition coefficient (Wildman–Crippen LogP) is 6.48. The van der Waals surface area contributed by atoms with E-state index >= 15 is 0 Å². The van der Waals surface area contributed by atoms with Gasteiger partial charge in [-0.2, -0.15) is 0 Å². The molecule has 3 aromatic carbocycles. The zero-order chi connectivity index (χ0) is 25.4. The first-order valence-electron chi connectivity index (χ1n) is 13.2. The van der Waals surface area contributed by atoms with Crippen LogP contribution in [0.2, 0.25) is 0 Å². The zero-order valence-corrected chi connectivity index (χ0v) is 21.1. The van der Waals surface area contributed by atoms with E-state index in [0.717, 1.165) is 52.7 Å². The van der Waals surface area contributed by atoms with Gasteiger partial charge < -0.3 is 9.88 Å². The van der Waals surface area contributed by atoms with Crippen molar-refractivity contribution in [2.75, 3.05) is 4.90 Å². The molecule has 1 N–H and O–H groups in total. The molecule has 1 fully saturated rings. The number of carbonyl (C=O) groups is 2. The molecule has 2 amide bonds. The van der Waals surface area contributed by atoms with E-state index < -0.39 is 0 Å². The monoisotopic (exact) mass is 489 g/mol. The van der Waals surface area contributed by atoms with Crippen LogP contribution in [-0.4, -0.2) is 22.4 Å². The van der Waals surface area contributed by atoms with Crippen LogP contribution in [0.5, 0.6) is 0 Å². The highest BCUT2D eigenvalue weighted by Gasteiger charge is 2.33. The highest BCUT2D eigenvalue weighted by Crippen LogP contribution is 2.42.